The van der Waals surface area contributed by atoms with Crippen LogP contribution in [0.5, 0.6) is 5.75 Å². The van der Waals surface area contributed by atoms with Crippen molar-refractivity contribution in [1.29, 1.82) is 0 Å². The summed E-state index contributed by atoms with van der Waals surface area (Å²) in [7, 11) is -3.52. The summed E-state index contributed by atoms with van der Waals surface area (Å²) in [5.41, 5.74) is 1.35. The van der Waals surface area contributed by atoms with Gasteiger partial charge in [0.05, 0.1) is 21.7 Å². The lowest BCUT2D eigenvalue weighted by atomic mass is 10.2. The van der Waals surface area contributed by atoms with E-state index in [4.69, 9.17) is 4.74 Å². The van der Waals surface area contributed by atoms with E-state index in [2.05, 4.69) is 4.99 Å². The van der Waals surface area contributed by atoms with Gasteiger partial charge in [-0.1, -0.05) is 17.8 Å². The lowest BCUT2D eigenvalue weighted by Gasteiger charge is -2.25. The third-order valence-corrected chi connectivity index (χ3v) is 8.49. The Morgan fingerprint density at radius 2 is 1.78 bits per heavy atom. The number of carbonyl (C=O) groups excluding carboxylic acids is 1. The molecule has 1 aromatic heterocycles. The van der Waals surface area contributed by atoms with Gasteiger partial charge < -0.3 is 9.30 Å². The standard InChI is InChI=1S/C23H27N3O4S2/c1-3-26-20-13-10-18(30-4-2)16-21(20)31-23(26)24-22(27)17-8-11-19(12-9-17)32(28,29)25-14-6-5-7-15-25/h8-13,16H,3-7,14-15H2,1-2H3. The van der Waals surface area contributed by atoms with Gasteiger partial charge in [0.2, 0.25) is 10.0 Å². The number of benzene rings is 2. The molecule has 1 saturated heterocycles. The molecule has 0 atom stereocenters. The van der Waals surface area contributed by atoms with E-state index in [1.807, 2.05) is 36.6 Å². The second kappa shape index (κ2) is 9.56. The number of thiazole rings is 1. The summed E-state index contributed by atoms with van der Waals surface area (Å²) < 4.78 is 35.7. The lowest BCUT2D eigenvalue weighted by Crippen LogP contribution is -2.35. The molecular formula is C23H27N3O4S2. The first-order valence-corrected chi connectivity index (χ1v) is 13.1. The second-order valence-electron chi connectivity index (χ2n) is 7.60. The maximum absolute atomic E-state index is 12.8. The van der Waals surface area contributed by atoms with Crippen molar-refractivity contribution in [2.45, 2.75) is 44.6 Å². The Morgan fingerprint density at radius 1 is 1.06 bits per heavy atom. The first-order valence-electron chi connectivity index (χ1n) is 10.9. The number of aromatic nitrogens is 1. The summed E-state index contributed by atoms with van der Waals surface area (Å²) in [5, 5.41) is 0. The number of hydrogen-bond donors (Lipinski definition) is 0. The molecule has 1 aliphatic rings. The first-order chi connectivity index (χ1) is 15.4. The maximum atomic E-state index is 12.8. The van der Waals surface area contributed by atoms with Gasteiger partial charge in [0.15, 0.2) is 4.80 Å². The van der Waals surface area contributed by atoms with Crippen LogP contribution in [0.15, 0.2) is 52.4 Å². The van der Waals surface area contributed by atoms with Crippen molar-refractivity contribution in [1.82, 2.24) is 8.87 Å². The van der Waals surface area contributed by atoms with E-state index in [1.165, 1.54) is 27.8 Å². The van der Waals surface area contributed by atoms with Crippen LogP contribution in [0.3, 0.4) is 0 Å². The lowest BCUT2D eigenvalue weighted by molar-refractivity contribution is 0.0997. The van der Waals surface area contributed by atoms with Crippen molar-refractivity contribution in [3.63, 3.8) is 0 Å². The molecule has 0 saturated carbocycles. The van der Waals surface area contributed by atoms with E-state index in [1.54, 1.807) is 12.1 Å². The monoisotopic (exact) mass is 473 g/mol. The molecule has 32 heavy (non-hydrogen) atoms. The van der Waals surface area contributed by atoms with Gasteiger partial charge in [-0.05, 0) is 69.2 Å². The molecule has 1 aliphatic heterocycles. The van der Waals surface area contributed by atoms with Gasteiger partial charge in [-0.15, -0.1) is 0 Å². The molecule has 0 N–H and O–H groups in total. The predicted molar refractivity (Wildman–Crippen MR) is 126 cm³/mol. The van der Waals surface area contributed by atoms with Crippen LogP contribution in [-0.2, 0) is 16.6 Å². The quantitative estimate of drug-likeness (QED) is 0.541. The molecule has 9 heteroatoms. The van der Waals surface area contributed by atoms with E-state index < -0.39 is 15.9 Å². The third kappa shape index (κ3) is 4.51. The average Bonchev–Trinajstić information content (AvgIpc) is 3.16. The fourth-order valence-electron chi connectivity index (χ4n) is 3.88. The predicted octanol–water partition coefficient (Wildman–Crippen LogP) is 4.04. The number of ether oxygens (including phenoxy) is 1. The Labute approximate surface area is 192 Å². The number of aryl methyl sites for hydroxylation is 1. The van der Waals surface area contributed by atoms with Gasteiger partial charge in [0, 0.05) is 25.2 Å². The number of carbonyl (C=O) groups is 1. The number of nitrogens with zero attached hydrogens (tertiary/aromatic N) is 3. The van der Waals surface area contributed by atoms with Crippen LogP contribution in [0.1, 0.15) is 43.5 Å². The normalized spacial score (nSPS) is 15.9. The van der Waals surface area contributed by atoms with E-state index >= 15 is 0 Å². The van der Waals surface area contributed by atoms with Crippen molar-refractivity contribution in [2.24, 2.45) is 4.99 Å². The summed E-state index contributed by atoms with van der Waals surface area (Å²) in [5.74, 6) is 0.388. The minimum atomic E-state index is -3.52. The van der Waals surface area contributed by atoms with Gasteiger partial charge in [-0.3, -0.25) is 4.79 Å². The van der Waals surface area contributed by atoms with Gasteiger partial charge in [-0.2, -0.15) is 9.30 Å². The Balaban J connectivity index is 1.62. The molecule has 3 aromatic rings. The van der Waals surface area contributed by atoms with Gasteiger partial charge in [-0.25, -0.2) is 8.42 Å². The third-order valence-electron chi connectivity index (χ3n) is 5.53. The van der Waals surface area contributed by atoms with Crippen LogP contribution in [0, 0.1) is 0 Å². The average molecular weight is 474 g/mol. The van der Waals surface area contributed by atoms with E-state index in [9.17, 15) is 13.2 Å². The fraction of sp³-hybridized carbons (Fsp3) is 0.391. The maximum Gasteiger partial charge on any atom is 0.279 e. The number of piperidine rings is 1. The minimum Gasteiger partial charge on any atom is -0.494 e. The van der Waals surface area contributed by atoms with Crippen molar-refractivity contribution < 1.29 is 17.9 Å². The number of fused-ring (bicyclic) bond motifs is 1. The molecule has 4 rings (SSSR count). The van der Waals surface area contributed by atoms with Gasteiger partial charge in [0.1, 0.15) is 5.75 Å². The second-order valence-corrected chi connectivity index (χ2v) is 10.5. The zero-order chi connectivity index (χ0) is 22.7. The van der Waals surface area contributed by atoms with Crippen LogP contribution < -0.4 is 9.54 Å². The van der Waals surface area contributed by atoms with Crippen molar-refractivity contribution in [2.75, 3.05) is 19.7 Å². The molecule has 0 unspecified atom stereocenters. The smallest absolute Gasteiger partial charge is 0.279 e. The molecular weight excluding hydrogens is 446 g/mol. The molecule has 1 amide bonds. The van der Waals surface area contributed by atoms with Gasteiger partial charge in [0.25, 0.3) is 5.91 Å². The Hall–Kier alpha value is -2.49. The molecule has 1 fully saturated rings. The van der Waals surface area contributed by atoms with Crippen molar-refractivity contribution >= 4 is 37.5 Å². The highest BCUT2D eigenvalue weighted by Gasteiger charge is 2.26. The summed E-state index contributed by atoms with van der Waals surface area (Å²) in [6.45, 7) is 6.30. The molecule has 170 valence electrons. The Bertz CT molecular complexity index is 1290. The van der Waals surface area contributed by atoms with Crippen LogP contribution >= 0.6 is 11.3 Å². The summed E-state index contributed by atoms with van der Waals surface area (Å²) >= 11 is 1.43. The highest BCUT2D eigenvalue weighted by atomic mass is 32.2. The molecule has 0 aliphatic carbocycles. The topological polar surface area (TPSA) is 81.0 Å². The van der Waals surface area contributed by atoms with E-state index in [-0.39, 0.29) is 4.90 Å². The van der Waals surface area contributed by atoms with Crippen LogP contribution in [0.4, 0.5) is 0 Å². The molecule has 2 aromatic carbocycles. The largest absolute Gasteiger partial charge is 0.494 e. The zero-order valence-electron chi connectivity index (χ0n) is 18.3. The number of hydrogen-bond acceptors (Lipinski definition) is 5. The fourth-order valence-corrected chi connectivity index (χ4v) is 6.51. The van der Waals surface area contributed by atoms with Crippen LogP contribution in [0.2, 0.25) is 0 Å². The Morgan fingerprint density at radius 3 is 2.44 bits per heavy atom. The molecule has 0 spiro atoms. The Kier molecular flexibility index (Phi) is 6.78. The highest BCUT2D eigenvalue weighted by Crippen LogP contribution is 2.24. The SMILES string of the molecule is CCOc1ccc2c(c1)sc(=NC(=O)c1ccc(S(=O)(=O)N3CCCCC3)cc1)n2CC. The molecule has 2 heterocycles. The summed E-state index contributed by atoms with van der Waals surface area (Å²) in [6.07, 6.45) is 2.82. The zero-order valence-corrected chi connectivity index (χ0v) is 19.9. The highest BCUT2D eigenvalue weighted by molar-refractivity contribution is 7.89. The number of amides is 1. The summed E-state index contributed by atoms with van der Waals surface area (Å²) in [6, 6.07) is 11.9. The van der Waals surface area contributed by atoms with Gasteiger partial charge >= 0.3 is 0 Å². The van der Waals surface area contributed by atoms with Crippen molar-refractivity contribution in [3.05, 3.63) is 52.8 Å². The van der Waals surface area contributed by atoms with E-state index in [0.29, 0.717) is 36.6 Å². The van der Waals surface area contributed by atoms with Crippen LogP contribution in [-0.4, -0.2) is 42.9 Å². The number of rotatable bonds is 6. The molecule has 0 bridgehead atoms. The van der Waals surface area contributed by atoms with Crippen LogP contribution in [0.25, 0.3) is 10.2 Å². The number of sulfonamides is 1. The molecule has 7 nitrogen and oxygen atoms in total. The van der Waals surface area contributed by atoms with Crippen molar-refractivity contribution in [3.8, 4) is 5.75 Å². The molecule has 0 radical (unpaired) electrons. The van der Waals surface area contributed by atoms with E-state index in [0.717, 1.165) is 35.2 Å². The summed E-state index contributed by atoms with van der Waals surface area (Å²) in [4.78, 5) is 18.0. The first kappa shape index (κ1) is 22.7. The minimum absolute atomic E-state index is 0.213.